The lowest BCUT2D eigenvalue weighted by Gasteiger charge is -2.44. The van der Waals surface area contributed by atoms with Gasteiger partial charge in [0.1, 0.15) is 5.54 Å². The lowest BCUT2D eigenvalue weighted by molar-refractivity contribution is -0.144. The first kappa shape index (κ1) is 12.8. The highest BCUT2D eigenvalue weighted by Gasteiger charge is 2.42. The van der Waals surface area contributed by atoms with Gasteiger partial charge in [-0.3, -0.25) is 4.79 Å². The minimum Gasteiger partial charge on any atom is -0.342 e. The predicted octanol–water partition coefficient (Wildman–Crippen LogP) is 0.659. The third-order valence-electron chi connectivity index (χ3n) is 2.98. The van der Waals surface area contributed by atoms with Gasteiger partial charge in [-0.05, 0) is 20.3 Å². The second-order valence-electron chi connectivity index (χ2n) is 4.67. The number of hydrogen-bond donors (Lipinski definition) is 1. The van der Waals surface area contributed by atoms with Gasteiger partial charge in [0.15, 0.2) is 0 Å². The summed E-state index contributed by atoms with van der Waals surface area (Å²) in [7, 11) is 1.77. The summed E-state index contributed by atoms with van der Waals surface area (Å²) < 4.78 is 0. The Bertz CT molecular complexity index is 289. The zero-order valence-electron chi connectivity index (χ0n) is 10.5. The van der Waals surface area contributed by atoms with E-state index in [9.17, 15) is 9.59 Å². The maximum Gasteiger partial charge on any atom is 0.318 e. The second kappa shape index (κ2) is 4.72. The van der Waals surface area contributed by atoms with Crippen molar-refractivity contribution in [2.75, 3.05) is 26.7 Å². The number of carbonyl (C=O) groups is 2. The Morgan fingerprint density at radius 3 is 2.62 bits per heavy atom. The third kappa shape index (κ3) is 2.28. The van der Waals surface area contributed by atoms with Crippen LogP contribution >= 0.6 is 0 Å². The molecule has 0 unspecified atom stereocenters. The Morgan fingerprint density at radius 2 is 2.06 bits per heavy atom. The van der Waals surface area contributed by atoms with Crippen LogP contribution < -0.4 is 5.32 Å². The van der Waals surface area contributed by atoms with E-state index >= 15 is 0 Å². The largest absolute Gasteiger partial charge is 0.342 e. The molecule has 1 N–H and O–H groups in total. The standard InChI is InChI=1S/C11H21N3O2/c1-5-6-12-10(16)14-8-7-13(4)9(15)11(14,2)3/h5-8H2,1-4H3,(H,12,16). The molecule has 0 aromatic carbocycles. The lowest BCUT2D eigenvalue weighted by Crippen LogP contribution is -2.65. The van der Waals surface area contributed by atoms with Gasteiger partial charge in [0, 0.05) is 26.7 Å². The summed E-state index contributed by atoms with van der Waals surface area (Å²) in [6, 6.07) is -0.145. The van der Waals surface area contributed by atoms with Crippen LogP contribution in [0.5, 0.6) is 0 Å². The summed E-state index contributed by atoms with van der Waals surface area (Å²) in [6.45, 7) is 7.41. The summed E-state index contributed by atoms with van der Waals surface area (Å²) in [5.74, 6) is -0.00889. The smallest absolute Gasteiger partial charge is 0.318 e. The number of piperazine rings is 1. The van der Waals surface area contributed by atoms with E-state index in [4.69, 9.17) is 0 Å². The van der Waals surface area contributed by atoms with E-state index < -0.39 is 5.54 Å². The number of likely N-dealkylation sites (N-methyl/N-ethyl adjacent to an activating group) is 1. The predicted molar refractivity (Wildman–Crippen MR) is 62.1 cm³/mol. The van der Waals surface area contributed by atoms with Crippen molar-refractivity contribution in [3.05, 3.63) is 0 Å². The molecule has 0 radical (unpaired) electrons. The van der Waals surface area contributed by atoms with Crippen LogP contribution in [-0.4, -0.2) is 54.0 Å². The van der Waals surface area contributed by atoms with E-state index in [0.717, 1.165) is 6.42 Å². The molecule has 1 rings (SSSR count). The average Bonchev–Trinajstić information content (AvgIpc) is 2.23. The second-order valence-corrected chi connectivity index (χ2v) is 4.67. The van der Waals surface area contributed by atoms with Crippen molar-refractivity contribution >= 4 is 11.9 Å². The van der Waals surface area contributed by atoms with Gasteiger partial charge in [-0.15, -0.1) is 0 Å². The maximum absolute atomic E-state index is 11.9. The monoisotopic (exact) mass is 227 g/mol. The van der Waals surface area contributed by atoms with E-state index in [0.29, 0.717) is 19.6 Å². The Hall–Kier alpha value is -1.26. The fourth-order valence-corrected chi connectivity index (χ4v) is 1.90. The highest BCUT2D eigenvalue weighted by Crippen LogP contribution is 2.21. The zero-order chi connectivity index (χ0) is 12.3. The van der Waals surface area contributed by atoms with Crippen molar-refractivity contribution in [1.29, 1.82) is 0 Å². The molecule has 5 nitrogen and oxygen atoms in total. The number of urea groups is 1. The maximum atomic E-state index is 11.9. The van der Waals surface area contributed by atoms with Gasteiger partial charge >= 0.3 is 6.03 Å². The molecule has 0 aromatic heterocycles. The van der Waals surface area contributed by atoms with Gasteiger partial charge in [-0.25, -0.2) is 4.79 Å². The van der Waals surface area contributed by atoms with Crippen molar-refractivity contribution in [1.82, 2.24) is 15.1 Å². The van der Waals surface area contributed by atoms with Gasteiger partial charge in [0.05, 0.1) is 0 Å². The van der Waals surface area contributed by atoms with E-state index in [1.165, 1.54) is 0 Å². The SMILES string of the molecule is CCCNC(=O)N1CCN(C)C(=O)C1(C)C. The molecule has 5 heteroatoms. The Labute approximate surface area is 96.8 Å². The Morgan fingerprint density at radius 1 is 1.44 bits per heavy atom. The average molecular weight is 227 g/mol. The molecule has 0 bridgehead atoms. The van der Waals surface area contributed by atoms with Crippen molar-refractivity contribution in [2.24, 2.45) is 0 Å². The molecule has 0 saturated carbocycles. The highest BCUT2D eigenvalue weighted by molar-refractivity contribution is 5.91. The summed E-state index contributed by atoms with van der Waals surface area (Å²) >= 11 is 0. The molecule has 1 aliphatic rings. The van der Waals surface area contributed by atoms with Crippen LogP contribution in [0.15, 0.2) is 0 Å². The van der Waals surface area contributed by atoms with Gasteiger partial charge in [0.2, 0.25) is 5.91 Å². The first-order valence-electron chi connectivity index (χ1n) is 5.72. The van der Waals surface area contributed by atoms with E-state index in [-0.39, 0.29) is 11.9 Å². The molecule has 1 heterocycles. The molecular formula is C11H21N3O2. The normalized spacial score (nSPS) is 19.9. The number of rotatable bonds is 2. The summed E-state index contributed by atoms with van der Waals surface area (Å²) in [6.07, 6.45) is 0.897. The van der Waals surface area contributed by atoms with Crippen LogP contribution in [0.3, 0.4) is 0 Å². The van der Waals surface area contributed by atoms with Crippen molar-refractivity contribution in [3.63, 3.8) is 0 Å². The number of carbonyl (C=O) groups excluding carboxylic acids is 2. The Balaban J connectivity index is 2.73. The number of nitrogens with one attached hydrogen (secondary N) is 1. The molecule has 1 aliphatic heterocycles. The van der Waals surface area contributed by atoms with Crippen LogP contribution in [0.4, 0.5) is 4.79 Å². The lowest BCUT2D eigenvalue weighted by atomic mass is 9.98. The van der Waals surface area contributed by atoms with Crippen molar-refractivity contribution in [2.45, 2.75) is 32.7 Å². The molecule has 1 saturated heterocycles. The molecule has 3 amide bonds. The van der Waals surface area contributed by atoms with Crippen molar-refractivity contribution in [3.8, 4) is 0 Å². The van der Waals surface area contributed by atoms with E-state index in [1.807, 2.05) is 6.92 Å². The first-order chi connectivity index (χ1) is 7.41. The van der Waals surface area contributed by atoms with Crippen LogP contribution in [-0.2, 0) is 4.79 Å². The van der Waals surface area contributed by atoms with E-state index in [2.05, 4.69) is 5.32 Å². The quantitative estimate of drug-likeness (QED) is 0.753. The molecule has 0 spiro atoms. The highest BCUT2D eigenvalue weighted by atomic mass is 16.2. The van der Waals surface area contributed by atoms with Crippen LogP contribution in [0, 0.1) is 0 Å². The summed E-state index contributed by atoms with van der Waals surface area (Å²) in [5, 5.41) is 2.81. The fourth-order valence-electron chi connectivity index (χ4n) is 1.90. The minimum absolute atomic E-state index is 0.00889. The third-order valence-corrected chi connectivity index (χ3v) is 2.98. The molecule has 0 aromatic rings. The first-order valence-corrected chi connectivity index (χ1v) is 5.72. The summed E-state index contributed by atoms with van der Waals surface area (Å²) in [5.41, 5.74) is -0.745. The molecule has 1 fully saturated rings. The molecule has 0 atom stereocenters. The van der Waals surface area contributed by atoms with Crippen LogP contribution in [0.1, 0.15) is 27.2 Å². The van der Waals surface area contributed by atoms with Crippen LogP contribution in [0.2, 0.25) is 0 Å². The number of amides is 3. The minimum atomic E-state index is -0.745. The topological polar surface area (TPSA) is 52.7 Å². The molecule has 92 valence electrons. The summed E-state index contributed by atoms with van der Waals surface area (Å²) in [4.78, 5) is 27.1. The van der Waals surface area contributed by atoms with Crippen molar-refractivity contribution < 1.29 is 9.59 Å². The molecule has 16 heavy (non-hydrogen) atoms. The van der Waals surface area contributed by atoms with Gasteiger partial charge in [0.25, 0.3) is 0 Å². The number of hydrogen-bond acceptors (Lipinski definition) is 2. The molecular weight excluding hydrogens is 206 g/mol. The fraction of sp³-hybridized carbons (Fsp3) is 0.818. The zero-order valence-corrected chi connectivity index (χ0v) is 10.5. The van der Waals surface area contributed by atoms with Crippen LogP contribution in [0.25, 0.3) is 0 Å². The Kier molecular flexibility index (Phi) is 3.78. The van der Waals surface area contributed by atoms with E-state index in [1.54, 1.807) is 30.7 Å². The molecule has 0 aliphatic carbocycles. The number of nitrogens with zero attached hydrogens (tertiary/aromatic N) is 2. The van der Waals surface area contributed by atoms with Gasteiger partial charge in [-0.2, -0.15) is 0 Å². The van der Waals surface area contributed by atoms with Gasteiger partial charge in [-0.1, -0.05) is 6.92 Å². The van der Waals surface area contributed by atoms with Gasteiger partial charge < -0.3 is 15.1 Å².